The quantitative estimate of drug-likeness (QED) is 0.135. The highest BCUT2D eigenvalue weighted by Gasteiger charge is 2.38. The zero-order chi connectivity index (χ0) is 41.0. The first kappa shape index (κ1) is 45.5. The second-order valence-electron chi connectivity index (χ2n) is 17.0. The Morgan fingerprint density at radius 3 is 2.29 bits per heavy atom. The average Bonchev–Trinajstić information content (AvgIpc) is 3.61. The van der Waals surface area contributed by atoms with Crippen molar-refractivity contribution in [2.24, 2.45) is 23.2 Å². The van der Waals surface area contributed by atoms with Crippen LogP contribution in [0.25, 0.3) is 0 Å². The number of esters is 1. The van der Waals surface area contributed by atoms with E-state index in [9.17, 15) is 29.1 Å². The average molecular weight is 784 g/mol. The number of carboxylic acid groups (broad SMARTS) is 1. The maximum atomic E-state index is 14.3. The van der Waals surface area contributed by atoms with Gasteiger partial charge in [0.05, 0.1) is 18.4 Å². The van der Waals surface area contributed by atoms with Gasteiger partial charge in [-0.2, -0.15) is 0 Å². The van der Waals surface area contributed by atoms with Crippen LogP contribution in [0.4, 0.5) is 0 Å². The smallest absolute Gasteiger partial charge is 0.307 e. The predicted molar refractivity (Wildman–Crippen MR) is 216 cm³/mol. The molecule has 0 aliphatic carbocycles. The van der Waals surface area contributed by atoms with Gasteiger partial charge >= 0.3 is 11.9 Å². The fourth-order valence-electron chi connectivity index (χ4n) is 7.07. The lowest BCUT2D eigenvalue weighted by atomic mass is 9.92. The minimum absolute atomic E-state index is 0.0618. The van der Waals surface area contributed by atoms with E-state index in [1.165, 1.54) is 11.3 Å². The summed E-state index contributed by atoms with van der Waals surface area (Å²) in [7, 11) is 3.68. The third kappa shape index (κ3) is 14.0. The van der Waals surface area contributed by atoms with E-state index in [-0.39, 0.29) is 60.1 Å². The largest absolute Gasteiger partial charge is 0.481 e. The van der Waals surface area contributed by atoms with E-state index in [0.717, 1.165) is 31.4 Å². The first-order chi connectivity index (χ1) is 25.8. The van der Waals surface area contributed by atoms with Gasteiger partial charge in [-0.15, -0.1) is 11.3 Å². The number of aromatic nitrogens is 1. The zero-order valence-corrected chi connectivity index (χ0v) is 35.4. The Morgan fingerprint density at radius 2 is 1.71 bits per heavy atom. The van der Waals surface area contributed by atoms with Crippen LogP contribution in [0.5, 0.6) is 0 Å². The lowest BCUT2D eigenvalue weighted by Gasteiger charge is -2.38. The second kappa shape index (κ2) is 20.9. The van der Waals surface area contributed by atoms with Crippen molar-refractivity contribution in [3.05, 3.63) is 52.0 Å². The number of piperidine rings is 1. The number of nitrogens with one attached hydrogen (secondary N) is 2. The molecule has 12 nitrogen and oxygen atoms in total. The topological polar surface area (TPSA) is 158 Å². The molecule has 0 spiro atoms. The molecular formula is C42H65N5O7S. The van der Waals surface area contributed by atoms with Crippen molar-refractivity contribution in [1.29, 1.82) is 0 Å². The molecule has 0 radical (unpaired) electrons. The van der Waals surface area contributed by atoms with Gasteiger partial charge in [-0.3, -0.25) is 28.9 Å². The number of aliphatic carboxylic acids is 1. The van der Waals surface area contributed by atoms with Gasteiger partial charge in [-0.1, -0.05) is 98.6 Å². The van der Waals surface area contributed by atoms with Crippen LogP contribution in [0.15, 0.2) is 35.7 Å². The minimum atomic E-state index is -0.944. The molecule has 3 amide bonds. The molecule has 7 atom stereocenters. The number of hydrogen-bond donors (Lipinski definition) is 3. The minimum Gasteiger partial charge on any atom is -0.481 e. The fourth-order valence-corrected chi connectivity index (χ4v) is 7.91. The summed E-state index contributed by atoms with van der Waals surface area (Å²) in [6, 6.07) is 7.68. The van der Waals surface area contributed by atoms with Crippen molar-refractivity contribution in [3.63, 3.8) is 0 Å². The lowest BCUT2D eigenvalue weighted by molar-refractivity contribution is -0.153. The Morgan fingerprint density at radius 1 is 1.04 bits per heavy atom. The van der Waals surface area contributed by atoms with Gasteiger partial charge in [0.15, 0.2) is 6.10 Å². The Balaban J connectivity index is 1.89. The van der Waals surface area contributed by atoms with Crippen LogP contribution in [-0.2, 0) is 30.3 Å². The number of carbonyl (C=O) groups excluding carboxylic acids is 4. The number of carbonyl (C=O) groups is 5. The van der Waals surface area contributed by atoms with Crippen LogP contribution in [0.3, 0.4) is 0 Å². The highest BCUT2D eigenvalue weighted by atomic mass is 32.1. The molecule has 3 rings (SSSR count). The van der Waals surface area contributed by atoms with Crippen LogP contribution in [0.1, 0.15) is 127 Å². The Hall–Kier alpha value is -3.84. The molecule has 6 unspecified atom stereocenters. The molecule has 0 bridgehead atoms. The fraction of sp³-hybridized carbons (Fsp3) is 0.667. The predicted octanol–water partition coefficient (Wildman–Crippen LogP) is 6.50. The van der Waals surface area contributed by atoms with Gasteiger partial charge in [0.25, 0.3) is 5.91 Å². The van der Waals surface area contributed by atoms with Crippen molar-refractivity contribution in [3.8, 4) is 0 Å². The Bertz CT molecular complexity index is 1580. The van der Waals surface area contributed by atoms with E-state index >= 15 is 0 Å². The second-order valence-corrected chi connectivity index (χ2v) is 17.9. The van der Waals surface area contributed by atoms with Crippen LogP contribution in [-0.4, -0.2) is 94.4 Å². The number of hydrogen-bond acceptors (Lipinski definition) is 9. The molecule has 1 saturated heterocycles. The number of carboxylic acids is 1. The number of benzene rings is 1. The Labute approximate surface area is 332 Å². The van der Waals surface area contributed by atoms with Gasteiger partial charge in [0.1, 0.15) is 16.7 Å². The number of amides is 3. The van der Waals surface area contributed by atoms with E-state index in [2.05, 4.69) is 20.5 Å². The summed E-state index contributed by atoms with van der Waals surface area (Å²) in [4.78, 5) is 75.0. The van der Waals surface area contributed by atoms with Gasteiger partial charge in [0.2, 0.25) is 11.8 Å². The number of thiazole rings is 1. The molecule has 13 heteroatoms. The molecule has 0 saturated carbocycles. The summed E-state index contributed by atoms with van der Waals surface area (Å²) in [5, 5.41) is 17.7. The number of likely N-dealkylation sites (N-methyl/N-ethyl adjacent to an activating group) is 2. The van der Waals surface area contributed by atoms with Crippen molar-refractivity contribution in [2.45, 2.75) is 137 Å². The highest BCUT2D eigenvalue weighted by Crippen LogP contribution is 2.33. The Kier molecular flexibility index (Phi) is 17.3. The number of ether oxygens (including phenoxy) is 1. The zero-order valence-electron chi connectivity index (χ0n) is 34.6. The van der Waals surface area contributed by atoms with Crippen molar-refractivity contribution in [1.82, 2.24) is 25.4 Å². The molecule has 1 aliphatic heterocycles. The summed E-state index contributed by atoms with van der Waals surface area (Å²) in [5.74, 6) is -3.02. The maximum absolute atomic E-state index is 14.3. The summed E-state index contributed by atoms with van der Waals surface area (Å²) in [6.45, 7) is 16.3. The summed E-state index contributed by atoms with van der Waals surface area (Å²) in [6.07, 6.45) is 3.64. The molecule has 3 N–H and O–H groups in total. The summed E-state index contributed by atoms with van der Waals surface area (Å²) < 4.78 is 6.14. The number of likely N-dealkylation sites (tertiary alicyclic amines) is 1. The standard InChI is InChI=1S/C42H65N5O7S/c1-11-27(4)36(45-38(50)32-19-15-16-20-46(32)9)40(51)47(10)33(26(2)3)23-34(54-35(48)24-42(6,7)8)39-44-31(25-55-39)37(49)43-30(21-28(5)41(52)53)22-29-17-13-12-14-18-29/h12-14,17-18,25-28,30,32-34,36H,11,15-16,19-24H2,1-10H3,(H,43,49)(H,45,50)(H,52,53)/t27?,28?,30?,32-,33?,34?,36?/m1/s1. The molecule has 1 aromatic heterocycles. The maximum Gasteiger partial charge on any atom is 0.307 e. The van der Waals surface area contributed by atoms with E-state index in [1.807, 2.05) is 85.8 Å². The van der Waals surface area contributed by atoms with E-state index in [0.29, 0.717) is 17.8 Å². The lowest BCUT2D eigenvalue weighted by Crippen LogP contribution is -2.58. The van der Waals surface area contributed by atoms with E-state index < -0.39 is 48.0 Å². The van der Waals surface area contributed by atoms with Gasteiger partial charge in [-0.05, 0) is 62.1 Å². The van der Waals surface area contributed by atoms with Crippen molar-refractivity contribution < 1.29 is 33.8 Å². The monoisotopic (exact) mass is 783 g/mol. The molecule has 2 aromatic rings. The van der Waals surface area contributed by atoms with Crippen molar-refractivity contribution in [2.75, 3.05) is 20.6 Å². The van der Waals surface area contributed by atoms with Crippen LogP contribution in [0.2, 0.25) is 0 Å². The van der Waals surface area contributed by atoms with E-state index in [4.69, 9.17) is 4.74 Å². The molecule has 1 aromatic carbocycles. The number of rotatable bonds is 19. The van der Waals surface area contributed by atoms with Crippen LogP contribution >= 0.6 is 11.3 Å². The molecule has 306 valence electrons. The SMILES string of the molecule is CCC(C)C(NC(=O)[C@H]1CCCCN1C)C(=O)N(C)C(CC(OC(=O)CC(C)(C)C)c1nc(C(=O)NC(Cc2ccccc2)CC(C)C(=O)O)cs1)C(C)C. The summed E-state index contributed by atoms with van der Waals surface area (Å²) in [5.41, 5.74) is 0.759. The first-order valence-corrected chi connectivity index (χ1v) is 20.7. The van der Waals surface area contributed by atoms with Crippen LogP contribution in [0, 0.1) is 23.2 Å². The summed E-state index contributed by atoms with van der Waals surface area (Å²) >= 11 is 1.20. The first-order valence-electron chi connectivity index (χ1n) is 19.8. The van der Waals surface area contributed by atoms with Gasteiger partial charge < -0.3 is 25.4 Å². The highest BCUT2D eigenvalue weighted by molar-refractivity contribution is 7.09. The van der Waals surface area contributed by atoms with Crippen LogP contribution < -0.4 is 10.6 Å². The number of nitrogens with zero attached hydrogens (tertiary/aromatic N) is 3. The third-order valence-corrected chi connectivity index (χ3v) is 11.6. The third-order valence-electron chi connectivity index (χ3n) is 10.6. The van der Waals surface area contributed by atoms with E-state index in [1.54, 1.807) is 24.3 Å². The molecule has 55 heavy (non-hydrogen) atoms. The van der Waals surface area contributed by atoms with Gasteiger partial charge in [0, 0.05) is 30.9 Å². The van der Waals surface area contributed by atoms with Crippen molar-refractivity contribution >= 4 is 41.0 Å². The molecule has 1 fully saturated rings. The normalized spacial score (nSPS) is 18.3. The van der Waals surface area contributed by atoms with Gasteiger partial charge in [-0.25, -0.2) is 4.98 Å². The molecule has 2 heterocycles. The molecule has 1 aliphatic rings. The molecular weight excluding hydrogens is 719 g/mol.